The van der Waals surface area contributed by atoms with E-state index in [9.17, 15) is 0 Å². The summed E-state index contributed by atoms with van der Waals surface area (Å²) in [4.78, 5) is 0. The van der Waals surface area contributed by atoms with Gasteiger partial charge in [0.05, 0.1) is 0 Å². The quantitative estimate of drug-likeness (QED) is 0.688. The number of rotatable bonds is 6. The van der Waals surface area contributed by atoms with Crippen molar-refractivity contribution in [2.45, 2.75) is 46.0 Å². The summed E-state index contributed by atoms with van der Waals surface area (Å²) in [6.07, 6.45) is 6.91. The zero-order valence-electron chi connectivity index (χ0n) is 12.9. The lowest BCUT2D eigenvalue weighted by molar-refractivity contribution is 0.172. The van der Waals surface area contributed by atoms with Gasteiger partial charge in [-0.15, -0.1) is 0 Å². The van der Waals surface area contributed by atoms with E-state index < -0.39 is 0 Å². The fourth-order valence-corrected chi connectivity index (χ4v) is 3.93. The second kappa shape index (κ2) is 8.38. The first-order valence-electron chi connectivity index (χ1n) is 8.18. The van der Waals surface area contributed by atoms with Crippen molar-refractivity contribution in [1.29, 1.82) is 0 Å². The molecule has 1 aromatic carbocycles. The largest absolute Gasteiger partial charge is 0.317 e. The number of hydrogen-bond acceptors (Lipinski definition) is 1. The van der Waals surface area contributed by atoms with E-state index in [1.54, 1.807) is 0 Å². The Labute approximate surface area is 138 Å². The van der Waals surface area contributed by atoms with E-state index >= 15 is 0 Å². The predicted octanol–water partition coefficient (Wildman–Crippen LogP) is 4.89. The Morgan fingerprint density at radius 1 is 1.10 bits per heavy atom. The number of nitrogens with one attached hydrogen (secondary N) is 1. The number of hydrogen-bond donors (Lipinski definition) is 1. The van der Waals surface area contributed by atoms with Crippen molar-refractivity contribution >= 4 is 22.6 Å². The smallest absolute Gasteiger partial charge is 0.0130 e. The van der Waals surface area contributed by atoms with E-state index in [-0.39, 0.29) is 0 Å². The van der Waals surface area contributed by atoms with Crippen LogP contribution in [0.5, 0.6) is 0 Å². The molecule has 3 atom stereocenters. The third kappa shape index (κ3) is 4.73. The number of benzene rings is 1. The maximum absolute atomic E-state index is 3.57. The van der Waals surface area contributed by atoms with Crippen molar-refractivity contribution in [1.82, 2.24) is 5.32 Å². The SMILES string of the molecule is CCNCC1CCC(CC)CC1Cc1ccc(I)cc1. The van der Waals surface area contributed by atoms with Crippen molar-refractivity contribution in [2.24, 2.45) is 17.8 Å². The molecular formula is C18H28IN. The second-order valence-corrected chi connectivity index (χ2v) is 7.49. The minimum Gasteiger partial charge on any atom is -0.317 e. The molecule has 0 heterocycles. The molecule has 2 heteroatoms. The van der Waals surface area contributed by atoms with Crippen LogP contribution in [0.1, 0.15) is 45.1 Å². The van der Waals surface area contributed by atoms with Crippen molar-refractivity contribution in [3.63, 3.8) is 0 Å². The molecule has 0 bridgehead atoms. The Kier molecular flexibility index (Phi) is 6.82. The van der Waals surface area contributed by atoms with Gasteiger partial charge >= 0.3 is 0 Å². The summed E-state index contributed by atoms with van der Waals surface area (Å²) in [7, 11) is 0. The van der Waals surface area contributed by atoms with Crippen LogP contribution in [0.25, 0.3) is 0 Å². The molecule has 1 nitrogen and oxygen atoms in total. The Balaban J connectivity index is 2.00. The van der Waals surface area contributed by atoms with Gasteiger partial charge in [-0.05, 0) is 90.4 Å². The van der Waals surface area contributed by atoms with Crippen LogP contribution in [0.3, 0.4) is 0 Å². The molecule has 1 N–H and O–H groups in total. The summed E-state index contributed by atoms with van der Waals surface area (Å²) in [5.41, 5.74) is 1.52. The first-order chi connectivity index (χ1) is 9.72. The lowest BCUT2D eigenvalue weighted by atomic mass is 9.71. The zero-order chi connectivity index (χ0) is 14.4. The lowest BCUT2D eigenvalue weighted by Gasteiger charge is -2.36. The van der Waals surface area contributed by atoms with E-state index in [1.165, 1.54) is 47.8 Å². The van der Waals surface area contributed by atoms with Gasteiger partial charge in [-0.2, -0.15) is 0 Å². The summed E-state index contributed by atoms with van der Waals surface area (Å²) in [6.45, 7) is 6.88. The molecule has 0 spiro atoms. The highest BCUT2D eigenvalue weighted by atomic mass is 127. The molecule has 0 aliphatic heterocycles. The van der Waals surface area contributed by atoms with Crippen LogP contribution in [-0.2, 0) is 6.42 Å². The van der Waals surface area contributed by atoms with Crippen molar-refractivity contribution in [3.8, 4) is 0 Å². The van der Waals surface area contributed by atoms with Crippen LogP contribution >= 0.6 is 22.6 Å². The first kappa shape index (κ1) is 16.3. The number of halogens is 1. The van der Waals surface area contributed by atoms with Gasteiger partial charge in [0.15, 0.2) is 0 Å². The minimum absolute atomic E-state index is 0.868. The van der Waals surface area contributed by atoms with Gasteiger partial charge in [-0.3, -0.25) is 0 Å². The normalized spacial score (nSPS) is 26.6. The highest BCUT2D eigenvalue weighted by Gasteiger charge is 2.29. The maximum atomic E-state index is 3.57. The van der Waals surface area contributed by atoms with Crippen molar-refractivity contribution in [2.75, 3.05) is 13.1 Å². The average molecular weight is 385 g/mol. The van der Waals surface area contributed by atoms with Gasteiger partial charge in [0, 0.05) is 3.57 Å². The Bertz CT molecular complexity index is 387. The molecule has 112 valence electrons. The van der Waals surface area contributed by atoms with Gasteiger partial charge < -0.3 is 5.32 Å². The Morgan fingerprint density at radius 2 is 1.85 bits per heavy atom. The topological polar surface area (TPSA) is 12.0 Å². The van der Waals surface area contributed by atoms with E-state index in [1.807, 2.05) is 0 Å². The molecule has 3 unspecified atom stereocenters. The Hall–Kier alpha value is -0.0900. The van der Waals surface area contributed by atoms with Gasteiger partial charge in [0.25, 0.3) is 0 Å². The lowest BCUT2D eigenvalue weighted by Crippen LogP contribution is -2.34. The van der Waals surface area contributed by atoms with E-state index in [2.05, 4.69) is 66.0 Å². The van der Waals surface area contributed by atoms with Crippen molar-refractivity contribution in [3.05, 3.63) is 33.4 Å². The van der Waals surface area contributed by atoms with E-state index in [0.717, 1.165) is 24.3 Å². The second-order valence-electron chi connectivity index (χ2n) is 6.25. The van der Waals surface area contributed by atoms with Crippen LogP contribution in [0.4, 0.5) is 0 Å². The fourth-order valence-electron chi connectivity index (χ4n) is 3.57. The molecule has 0 saturated heterocycles. The highest BCUT2D eigenvalue weighted by molar-refractivity contribution is 14.1. The summed E-state index contributed by atoms with van der Waals surface area (Å²) >= 11 is 2.39. The molecule has 1 aliphatic rings. The molecule has 1 aromatic rings. The molecule has 1 aliphatic carbocycles. The van der Waals surface area contributed by atoms with Crippen LogP contribution in [-0.4, -0.2) is 13.1 Å². The summed E-state index contributed by atoms with van der Waals surface area (Å²) in [5.74, 6) is 2.70. The average Bonchev–Trinajstić information content (AvgIpc) is 2.48. The van der Waals surface area contributed by atoms with Crippen LogP contribution in [0, 0.1) is 21.3 Å². The summed E-state index contributed by atoms with van der Waals surface area (Å²) < 4.78 is 1.34. The predicted molar refractivity (Wildman–Crippen MR) is 96.0 cm³/mol. The van der Waals surface area contributed by atoms with E-state index in [4.69, 9.17) is 0 Å². The van der Waals surface area contributed by atoms with Crippen molar-refractivity contribution < 1.29 is 0 Å². The Morgan fingerprint density at radius 3 is 2.50 bits per heavy atom. The van der Waals surface area contributed by atoms with Gasteiger partial charge in [-0.25, -0.2) is 0 Å². The van der Waals surface area contributed by atoms with Crippen LogP contribution < -0.4 is 5.32 Å². The van der Waals surface area contributed by atoms with Crippen LogP contribution in [0.15, 0.2) is 24.3 Å². The van der Waals surface area contributed by atoms with Crippen LogP contribution in [0.2, 0.25) is 0 Å². The molecule has 20 heavy (non-hydrogen) atoms. The molecule has 0 radical (unpaired) electrons. The molecular weight excluding hydrogens is 357 g/mol. The minimum atomic E-state index is 0.868. The third-order valence-corrected chi connectivity index (χ3v) is 5.61. The molecule has 0 aromatic heterocycles. The molecule has 2 rings (SSSR count). The summed E-state index contributed by atoms with van der Waals surface area (Å²) in [6, 6.07) is 9.13. The highest BCUT2D eigenvalue weighted by Crippen LogP contribution is 2.37. The van der Waals surface area contributed by atoms with Gasteiger partial charge in [0.1, 0.15) is 0 Å². The monoisotopic (exact) mass is 385 g/mol. The standard InChI is InChI=1S/C18H28IN/c1-3-14-5-8-16(13-20-4-2)17(11-14)12-15-6-9-18(19)10-7-15/h6-7,9-10,14,16-17,20H,3-5,8,11-13H2,1-2H3. The zero-order valence-corrected chi connectivity index (χ0v) is 15.0. The summed E-state index contributed by atoms with van der Waals surface area (Å²) in [5, 5.41) is 3.57. The third-order valence-electron chi connectivity index (χ3n) is 4.89. The van der Waals surface area contributed by atoms with Gasteiger partial charge in [0.2, 0.25) is 0 Å². The molecule has 1 fully saturated rings. The first-order valence-corrected chi connectivity index (χ1v) is 9.26. The molecule has 0 amide bonds. The fraction of sp³-hybridized carbons (Fsp3) is 0.667. The maximum Gasteiger partial charge on any atom is 0.0130 e. The van der Waals surface area contributed by atoms with E-state index in [0.29, 0.717) is 0 Å². The molecule has 1 saturated carbocycles. The van der Waals surface area contributed by atoms with Gasteiger partial charge in [-0.1, -0.05) is 38.8 Å².